The van der Waals surface area contributed by atoms with Crippen LogP contribution in [0.5, 0.6) is 11.5 Å². The number of hydrogen-bond donors (Lipinski definition) is 2. The number of para-hydroxylation sites is 1. The van der Waals surface area contributed by atoms with Crippen LogP contribution in [0.3, 0.4) is 0 Å². The number of amides is 1. The zero-order chi connectivity index (χ0) is 17.2. The van der Waals surface area contributed by atoms with Gasteiger partial charge in [0, 0.05) is 11.8 Å². The standard InChI is InChI=1S/C19H24N2O3/c1-3-18(21-15-8-7-11-17(14-15)23-2)19(22)20-12-13-24-16-9-5-4-6-10-16/h4-11,14,18,21H,3,12-13H2,1-2H3,(H,20,22)/t18-/m1/s1. The summed E-state index contributed by atoms with van der Waals surface area (Å²) in [6, 6.07) is 16.8. The van der Waals surface area contributed by atoms with Gasteiger partial charge in [-0.15, -0.1) is 0 Å². The molecular formula is C19H24N2O3. The van der Waals surface area contributed by atoms with Gasteiger partial charge in [0.2, 0.25) is 5.91 Å². The van der Waals surface area contributed by atoms with Crippen molar-refractivity contribution in [1.82, 2.24) is 5.32 Å². The maximum Gasteiger partial charge on any atom is 0.242 e. The number of methoxy groups -OCH3 is 1. The SMILES string of the molecule is CC[C@@H](Nc1cccc(OC)c1)C(=O)NCCOc1ccccc1. The van der Waals surface area contributed by atoms with E-state index in [1.54, 1.807) is 7.11 Å². The largest absolute Gasteiger partial charge is 0.497 e. The molecule has 1 amide bonds. The van der Waals surface area contributed by atoms with Crippen LogP contribution in [0.4, 0.5) is 5.69 Å². The molecule has 2 aromatic carbocycles. The molecule has 0 bridgehead atoms. The van der Waals surface area contributed by atoms with Crippen LogP contribution in [0.15, 0.2) is 54.6 Å². The summed E-state index contributed by atoms with van der Waals surface area (Å²) in [5.74, 6) is 1.51. The molecular weight excluding hydrogens is 304 g/mol. The summed E-state index contributed by atoms with van der Waals surface area (Å²) >= 11 is 0. The minimum atomic E-state index is -0.297. The van der Waals surface area contributed by atoms with E-state index in [-0.39, 0.29) is 11.9 Å². The van der Waals surface area contributed by atoms with Crippen LogP contribution in [-0.4, -0.2) is 32.2 Å². The number of benzene rings is 2. The summed E-state index contributed by atoms with van der Waals surface area (Å²) in [5.41, 5.74) is 0.858. The van der Waals surface area contributed by atoms with Crippen molar-refractivity contribution >= 4 is 11.6 Å². The zero-order valence-corrected chi connectivity index (χ0v) is 14.1. The molecule has 0 heterocycles. The van der Waals surface area contributed by atoms with Gasteiger partial charge in [0.25, 0.3) is 0 Å². The summed E-state index contributed by atoms with van der Waals surface area (Å²) < 4.78 is 10.8. The van der Waals surface area contributed by atoms with E-state index in [4.69, 9.17) is 9.47 Å². The molecule has 24 heavy (non-hydrogen) atoms. The minimum Gasteiger partial charge on any atom is -0.497 e. The fourth-order valence-electron chi connectivity index (χ4n) is 2.25. The van der Waals surface area contributed by atoms with Gasteiger partial charge in [-0.05, 0) is 30.7 Å². The topological polar surface area (TPSA) is 59.6 Å². The normalized spacial score (nSPS) is 11.4. The Kier molecular flexibility index (Phi) is 6.95. The first-order chi connectivity index (χ1) is 11.7. The van der Waals surface area contributed by atoms with Crippen molar-refractivity contribution < 1.29 is 14.3 Å². The fourth-order valence-corrected chi connectivity index (χ4v) is 2.25. The average Bonchev–Trinajstić information content (AvgIpc) is 2.64. The Bertz CT molecular complexity index is 632. The first-order valence-electron chi connectivity index (χ1n) is 8.09. The molecule has 2 aromatic rings. The van der Waals surface area contributed by atoms with Gasteiger partial charge in [0.15, 0.2) is 0 Å². The third-order valence-electron chi connectivity index (χ3n) is 3.55. The van der Waals surface area contributed by atoms with Crippen molar-refractivity contribution in [2.24, 2.45) is 0 Å². The molecule has 5 nitrogen and oxygen atoms in total. The first kappa shape index (κ1) is 17.7. The maximum absolute atomic E-state index is 12.3. The van der Waals surface area contributed by atoms with Crippen molar-refractivity contribution in [2.45, 2.75) is 19.4 Å². The minimum absolute atomic E-state index is 0.0445. The monoisotopic (exact) mass is 328 g/mol. The highest BCUT2D eigenvalue weighted by molar-refractivity contribution is 5.84. The second kappa shape index (κ2) is 9.45. The van der Waals surface area contributed by atoms with Crippen LogP contribution in [0.1, 0.15) is 13.3 Å². The van der Waals surface area contributed by atoms with Gasteiger partial charge in [0.1, 0.15) is 24.1 Å². The van der Waals surface area contributed by atoms with Gasteiger partial charge in [0.05, 0.1) is 13.7 Å². The summed E-state index contributed by atoms with van der Waals surface area (Å²) in [6.07, 6.45) is 0.683. The predicted octanol–water partition coefficient (Wildman–Crippen LogP) is 3.08. The number of anilines is 1. The van der Waals surface area contributed by atoms with Gasteiger partial charge in [-0.3, -0.25) is 4.79 Å². The molecule has 2 rings (SSSR count). The van der Waals surface area contributed by atoms with E-state index >= 15 is 0 Å². The highest BCUT2D eigenvalue weighted by atomic mass is 16.5. The summed E-state index contributed by atoms with van der Waals surface area (Å²) in [6.45, 7) is 2.87. The number of ether oxygens (including phenoxy) is 2. The number of carbonyl (C=O) groups is 1. The van der Waals surface area contributed by atoms with Gasteiger partial charge in [-0.1, -0.05) is 31.2 Å². The first-order valence-corrected chi connectivity index (χ1v) is 8.09. The quantitative estimate of drug-likeness (QED) is 0.695. The molecule has 0 fully saturated rings. The van der Waals surface area contributed by atoms with E-state index in [0.29, 0.717) is 19.6 Å². The van der Waals surface area contributed by atoms with Crippen LogP contribution in [-0.2, 0) is 4.79 Å². The van der Waals surface area contributed by atoms with Crippen LogP contribution < -0.4 is 20.1 Å². The molecule has 2 N–H and O–H groups in total. The highest BCUT2D eigenvalue weighted by Gasteiger charge is 2.15. The van der Waals surface area contributed by atoms with E-state index in [2.05, 4.69) is 10.6 Å². The lowest BCUT2D eigenvalue weighted by Crippen LogP contribution is -2.40. The van der Waals surface area contributed by atoms with E-state index in [0.717, 1.165) is 17.2 Å². The summed E-state index contributed by atoms with van der Waals surface area (Å²) in [4.78, 5) is 12.3. The second-order valence-corrected chi connectivity index (χ2v) is 5.29. The fraction of sp³-hybridized carbons (Fsp3) is 0.316. The van der Waals surface area contributed by atoms with Gasteiger partial charge in [-0.2, -0.15) is 0 Å². The molecule has 128 valence electrons. The molecule has 0 aliphatic rings. The Labute approximate surface area is 143 Å². The van der Waals surface area contributed by atoms with Crippen molar-refractivity contribution in [1.29, 1.82) is 0 Å². The molecule has 1 atom stereocenters. The number of nitrogens with one attached hydrogen (secondary N) is 2. The third kappa shape index (κ3) is 5.50. The molecule has 0 saturated carbocycles. The van der Waals surface area contributed by atoms with Gasteiger partial charge >= 0.3 is 0 Å². The summed E-state index contributed by atoms with van der Waals surface area (Å²) in [7, 11) is 1.62. The average molecular weight is 328 g/mol. The maximum atomic E-state index is 12.3. The molecule has 0 aliphatic heterocycles. The molecule has 0 spiro atoms. The van der Waals surface area contributed by atoms with Crippen molar-refractivity contribution in [3.05, 3.63) is 54.6 Å². The van der Waals surface area contributed by atoms with Crippen LogP contribution in [0.2, 0.25) is 0 Å². The predicted molar refractivity (Wildman–Crippen MR) is 95.6 cm³/mol. The molecule has 0 unspecified atom stereocenters. The molecule has 0 aromatic heterocycles. The zero-order valence-electron chi connectivity index (χ0n) is 14.1. The lowest BCUT2D eigenvalue weighted by Gasteiger charge is -2.18. The molecule has 0 saturated heterocycles. The van der Waals surface area contributed by atoms with E-state index in [1.807, 2.05) is 61.5 Å². The van der Waals surface area contributed by atoms with Crippen molar-refractivity contribution in [3.8, 4) is 11.5 Å². The lowest BCUT2D eigenvalue weighted by molar-refractivity contribution is -0.122. The van der Waals surface area contributed by atoms with Gasteiger partial charge < -0.3 is 20.1 Å². The van der Waals surface area contributed by atoms with Crippen LogP contribution in [0.25, 0.3) is 0 Å². The Morgan fingerprint density at radius 3 is 2.54 bits per heavy atom. The second-order valence-electron chi connectivity index (χ2n) is 5.29. The van der Waals surface area contributed by atoms with Crippen LogP contribution >= 0.6 is 0 Å². The van der Waals surface area contributed by atoms with Crippen molar-refractivity contribution in [3.63, 3.8) is 0 Å². The van der Waals surface area contributed by atoms with E-state index < -0.39 is 0 Å². The Hall–Kier alpha value is -2.69. The Balaban J connectivity index is 1.78. The van der Waals surface area contributed by atoms with Crippen LogP contribution in [0, 0.1) is 0 Å². The smallest absolute Gasteiger partial charge is 0.242 e. The lowest BCUT2D eigenvalue weighted by atomic mass is 10.2. The van der Waals surface area contributed by atoms with E-state index in [1.165, 1.54) is 0 Å². The molecule has 0 aliphatic carbocycles. The number of hydrogen-bond acceptors (Lipinski definition) is 4. The molecule has 0 radical (unpaired) electrons. The third-order valence-corrected chi connectivity index (χ3v) is 3.55. The summed E-state index contributed by atoms with van der Waals surface area (Å²) in [5, 5.41) is 6.12. The Morgan fingerprint density at radius 1 is 1.08 bits per heavy atom. The Morgan fingerprint density at radius 2 is 1.83 bits per heavy atom. The van der Waals surface area contributed by atoms with Gasteiger partial charge in [-0.25, -0.2) is 0 Å². The van der Waals surface area contributed by atoms with E-state index in [9.17, 15) is 4.79 Å². The number of rotatable bonds is 9. The highest BCUT2D eigenvalue weighted by Crippen LogP contribution is 2.18. The molecule has 5 heteroatoms. The van der Waals surface area contributed by atoms with Crippen molar-refractivity contribution in [2.75, 3.05) is 25.6 Å². The number of carbonyl (C=O) groups excluding carboxylic acids is 1.